The van der Waals surface area contributed by atoms with Gasteiger partial charge in [-0.3, -0.25) is 9.59 Å². The molecule has 0 spiro atoms. The number of likely N-dealkylation sites (tertiary alicyclic amines) is 1. The van der Waals surface area contributed by atoms with Crippen molar-refractivity contribution in [3.05, 3.63) is 70.4 Å². The summed E-state index contributed by atoms with van der Waals surface area (Å²) in [6, 6.07) is 9.99. The minimum absolute atomic E-state index is 0.131. The third-order valence-electron chi connectivity index (χ3n) is 5.40. The summed E-state index contributed by atoms with van der Waals surface area (Å²) >= 11 is 1.47. The molecule has 164 valence electrons. The highest BCUT2D eigenvalue weighted by atomic mass is 32.1. The number of amides is 1. The molecule has 6 nitrogen and oxygen atoms in total. The van der Waals surface area contributed by atoms with E-state index in [0.717, 1.165) is 18.0 Å². The summed E-state index contributed by atoms with van der Waals surface area (Å²) in [5.41, 5.74) is 0.598. The number of aliphatic hydroxyl groups is 1. The number of thiophene rings is 1. The van der Waals surface area contributed by atoms with Crippen LogP contribution in [0.3, 0.4) is 0 Å². The number of hydrogen-bond donors (Lipinski definition) is 1. The van der Waals surface area contributed by atoms with E-state index in [-0.39, 0.29) is 11.3 Å². The molecule has 1 saturated heterocycles. The predicted octanol–water partition coefficient (Wildman–Crippen LogP) is 4.08. The first-order valence-corrected chi connectivity index (χ1v) is 11.3. The standard InChI is InChI=1S/C24H28N2O4S/c1-4-15-30-18-11-9-17(10-12-18)22(27)20-21(19-8-7-16-31-19)26(24(29)23(20)28)14-13-25(5-2)6-3/h4,7-12,16,21,27H,1,5-6,13-15H2,2-3H3/b22-20+. The van der Waals surface area contributed by atoms with Gasteiger partial charge in [0.2, 0.25) is 0 Å². The lowest BCUT2D eigenvalue weighted by Gasteiger charge is -2.27. The summed E-state index contributed by atoms with van der Waals surface area (Å²) in [7, 11) is 0. The Morgan fingerprint density at radius 1 is 1.23 bits per heavy atom. The van der Waals surface area contributed by atoms with E-state index < -0.39 is 17.7 Å². The van der Waals surface area contributed by atoms with Crippen molar-refractivity contribution in [1.82, 2.24) is 9.80 Å². The average molecular weight is 441 g/mol. The molecule has 7 heteroatoms. The van der Waals surface area contributed by atoms with Crippen molar-refractivity contribution in [3.8, 4) is 5.75 Å². The third kappa shape index (κ3) is 4.89. The molecule has 0 bridgehead atoms. The van der Waals surface area contributed by atoms with Crippen molar-refractivity contribution >= 4 is 28.8 Å². The summed E-state index contributed by atoms with van der Waals surface area (Å²) in [6.07, 6.45) is 1.65. The normalized spacial score (nSPS) is 18.0. The van der Waals surface area contributed by atoms with Gasteiger partial charge in [0.05, 0.1) is 11.6 Å². The minimum atomic E-state index is -0.651. The van der Waals surface area contributed by atoms with Gasteiger partial charge in [0.25, 0.3) is 11.7 Å². The highest BCUT2D eigenvalue weighted by Gasteiger charge is 2.46. The first-order chi connectivity index (χ1) is 15.0. The Balaban J connectivity index is 1.97. The van der Waals surface area contributed by atoms with E-state index in [1.54, 1.807) is 35.2 Å². The van der Waals surface area contributed by atoms with Crippen LogP contribution in [0.15, 0.2) is 60.0 Å². The zero-order valence-electron chi connectivity index (χ0n) is 17.9. The number of rotatable bonds is 10. The monoisotopic (exact) mass is 440 g/mol. The number of ether oxygens (including phenoxy) is 1. The van der Waals surface area contributed by atoms with Gasteiger partial charge in [-0.2, -0.15) is 0 Å². The van der Waals surface area contributed by atoms with E-state index in [9.17, 15) is 14.7 Å². The molecule has 1 aliphatic rings. The van der Waals surface area contributed by atoms with Crippen LogP contribution < -0.4 is 4.74 Å². The number of nitrogens with zero attached hydrogens (tertiary/aromatic N) is 2. The second-order valence-corrected chi connectivity index (χ2v) is 8.14. The van der Waals surface area contributed by atoms with Gasteiger partial charge in [-0.05, 0) is 48.8 Å². The van der Waals surface area contributed by atoms with E-state index in [0.29, 0.717) is 31.0 Å². The lowest BCUT2D eigenvalue weighted by atomic mass is 10.00. The maximum absolute atomic E-state index is 13.0. The number of hydrogen-bond acceptors (Lipinski definition) is 6. The van der Waals surface area contributed by atoms with Gasteiger partial charge in [-0.1, -0.05) is 32.6 Å². The fraction of sp³-hybridized carbons (Fsp3) is 0.333. The number of aliphatic hydroxyl groups excluding tert-OH is 1. The fourth-order valence-electron chi connectivity index (χ4n) is 3.66. The minimum Gasteiger partial charge on any atom is -0.507 e. The van der Waals surface area contributed by atoms with E-state index >= 15 is 0 Å². The number of Topliss-reactive ketones (excluding diaryl/α,β-unsaturated/α-hetero) is 1. The Morgan fingerprint density at radius 3 is 2.52 bits per heavy atom. The van der Waals surface area contributed by atoms with Crippen LogP contribution in [0.25, 0.3) is 5.76 Å². The van der Waals surface area contributed by atoms with Crippen molar-refractivity contribution < 1.29 is 19.4 Å². The highest BCUT2D eigenvalue weighted by molar-refractivity contribution is 7.10. The van der Waals surface area contributed by atoms with Gasteiger partial charge in [-0.15, -0.1) is 11.3 Å². The molecule has 0 aliphatic carbocycles. The van der Waals surface area contributed by atoms with E-state index in [1.807, 2.05) is 17.5 Å². The number of carbonyl (C=O) groups is 2. The second-order valence-electron chi connectivity index (χ2n) is 7.16. The number of ketones is 1. The third-order valence-corrected chi connectivity index (χ3v) is 6.32. The maximum atomic E-state index is 13.0. The van der Waals surface area contributed by atoms with Crippen LogP contribution in [-0.4, -0.2) is 59.4 Å². The Labute approximate surface area is 187 Å². The Kier molecular flexibility index (Phi) is 7.65. The van der Waals surface area contributed by atoms with Gasteiger partial charge < -0.3 is 19.6 Å². The molecule has 1 fully saturated rings. The van der Waals surface area contributed by atoms with E-state index in [2.05, 4.69) is 25.3 Å². The predicted molar refractivity (Wildman–Crippen MR) is 123 cm³/mol. The molecule has 0 radical (unpaired) electrons. The molecule has 1 amide bonds. The van der Waals surface area contributed by atoms with Gasteiger partial charge in [0.15, 0.2) is 0 Å². The first kappa shape index (κ1) is 22.8. The van der Waals surface area contributed by atoms with Crippen molar-refractivity contribution in [2.45, 2.75) is 19.9 Å². The van der Waals surface area contributed by atoms with Crippen LogP contribution in [0, 0.1) is 0 Å². The Bertz CT molecular complexity index is 946. The van der Waals surface area contributed by atoms with Gasteiger partial charge in [0, 0.05) is 23.5 Å². The SMILES string of the molecule is C=CCOc1ccc(/C(O)=C2\C(=O)C(=O)N(CCN(CC)CC)C2c2cccs2)cc1. The Morgan fingerprint density at radius 2 is 1.94 bits per heavy atom. The van der Waals surface area contributed by atoms with Gasteiger partial charge in [-0.25, -0.2) is 0 Å². The molecular weight excluding hydrogens is 412 g/mol. The summed E-state index contributed by atoms with van der Waals surface area (Å²) in [5, 5.41) is 13.0. The highest BCUT2D eigenvalue weighted by Crippen LogP contribution is 2.41. The molecule has 2 aromatic rings. The smallest absolute Gasteiger partial charge is 0.295 e. The number of carbonyl (C=O) groups excluding carboxylic acids is 2. The first-order valence-electron chi connectivity index (χ1n) is 10.4. The van der Waals surface area contributed by atoms with Crippen LogP contribution in [0.5, 0.6) is 5.75 Å². The largest absolute Gasteiger partial charge is 0.507 e. The molecule has 31 heavy (non-hydrogen) atoms. The lowest BCUT2D eigenvalue weighted by molar-refractivity contribution is -0.140. The van der Waals surface area contributed by atoms with Gasteiger partial charge >= 0.3 is 0 Å². The van der Waals surface area contributed by atoms with Crippen LogP contribution in [-0.2, 0) is 9.59 Å². The zero-order valence-corrected chi connectivity index (χ0v) is 18.7. The second kappa shape index (κ2) is 10.4. The van der Waals surface area contributed by atoms with Crippen LogP contribution in [0.1, 0.15) is 30.3 Å². The van der Waals surface area contributed by atoms with Crippen molar-refractivity contribution in [3.63, 3.8) is 0 Å². The molecule has 2 heterocycles. The summed E-state index contributed by atoms with van der Waals surface area (Å²) < 4.78 is 5.48. The summed E-state index contributed by atoms with van der Waals surface area (Å²) in [6.45, 7) is 10.9. The Hall–Kier alpha value is -2.90. The molecule has 1 aromatic heterocycles. The fourth-order valence-corrected chi connectivity index (χ4v) is 4.51. The summed E-state index contributed by atoms with van der Waals surface area (Å²) in [4.78, 5) is 30.5. The molecule has 1 N–H and O–H groups in total. The van der Waals surface area contributed by atoms with Crippen LogP contribution in [0.4, 0.5) is 0 Å². The zero-order chi connectivity index (χ0) is 22.4. The van der Waals surface area contributed by atoms with Crippen LogP contribution >= 0.6 is 11.3 Å². The molecule has 3 rings (SSSR count). The van der Waals surface area contributed by atoms with Crippen molar-refractivity contribution in [1.29, 1.82) is 0 Å². The number of likely N-dealkylation sites (N-methyl/N-ethyl adjacent to an activating group) is 1. The maximum Gasteiger partial charge on any atom is 0.295 e. The van der Waals surface area contributed by atoms with Crippen molar-refractivity contribution in [2.24, 2.45) is 0 Å². The van der Waals surface area contributed by atoms with E-state index in [1.165, 1.54) is 11.3 Å². The average Bonchev–Trinajstić information content (AvgIpc) is 3.40. The van der Waals surface area contributed by atoms with E-state index in [4.69, 9.17) is 4.74 Å². The molecule has 0 saturated carbocycles. The molecule has 1 aromatic carbocycles. The molecule has 1 unspecified atom stereocenters. The molecule has 1 aliphatic heterocycles. The quantitative estimate of drug-likeness (QED) is 0.261. The topological polar surface area (TPSA) is 70.1 Å². The van der Waals surface area contributed by atoms with Crippen molar-refractivity contribution in [2.75, 3.05) is 32.8 Å². The summed E-state index contributed by atoms with van der Waals surface area (Å²) in [5.74, 6) is -0.760. The molecular formula is C24H28N2O4S. The molecule has 1 atom stereocenters. The van der Waals surface area contributed by atoms with Crippen LogP contribution in [0.2, 0.25) is 0 Å². The number of benzene rings is 1. The lowest BCUT2D eigenvalue weighted by Crippen LogP contribution is -2.37. The van der Waals surface area contributed by atoms with Gasteiger partial charge in [0.1, 0.15) is 18.1 Å².